The standard InChI is InChI=1S/C20H17NO5S2/c21-28(24,25)18-12-15(20(22)23)11-17(27-13-14-7-3-1-4-8-14)19(18)26-16-9-5-2-6-10-16/h1-12H,13H2,(H,22,23)(H2,21,24,25). The van der Waals surface area contributed by atoms with E-state index >= 15 is 0 Å². The fourth-order valence-electron chi connectivity index (χ4n) is 2.46. The molecule has 3 aromatic rings. The zero-order chi connectivity index (χ0) is 20.1. The first-order chi connectivity index (χ1) is 13.3. The van der Waals surface area contributed by atoms with E-state index < -0.39 is 16.0 Å². The lowest BCUT2D eigenvalue weighted by atomic mass is 10.2. The highest BCUT2D eigenvalue weighted by molar-refractivity contribution is 7.98. The molecule has 28 heavy (non-hydrogen) atoms. The molecule has 3 N–H and O–H groups in total. The van der Waals surface area contributed by atoms with Crippen molar-refractivity contribution in [2.45, 2.75) is 15.5 Å². The molecule has 0 spiro atoms. The minimum Gasteiger partial charge on any atom is -0.478 e. The van der Waals surface area contributed by atoms with Crippen LogP contribution in [-0.4, -0.2) is 19.5 Å². The maximum atomic E-state index is 12.1. The number of para-hydroxylation sites is 1. The van der Waals surface area contributed by atoms with Gasteiger partial charge in [-0.1, -0.05) is 48.5 Å². The highest BCUT2D eigenvalue weighted by atomic mass is 32.2. The molecular formula is C20H17NO5S2. The summed E-state index contributed by atoms with van der Waals surface area (Å²) in [6.45, 7) is 0. The largest absolute Gasteiger partial charge is 0.478 e. The summed E-state index contributed by atoms with van der Waals surface area (Å²) < 4.78 is 30.1. The first-order valence-electron chi connectivity index (χ1n) is 8.18. The monoisotopic (exact) mass is 415 g/mol. The van der Waals surface area contributed by atoms with Gasteiger partial charge >= 0.3 is 5.97 Å². The van der Waals surface area contributed by atoms with Crippen molar-refractivity contribution in [3.63, 3.8) is 0 Å². The molecule has 0 aliphatic carbocycles. The molecule has 0 atom stereocenters. The van der Waals surface area contributed by atoms with Crippen molar-refractivity contribution in [3.05, 3.63) is 83.9 Å². The van der Waals surface area contributed by atoms with Crippen molar-refractivity contribution >= 4 is 27.8 Å². The van der Waals surface area contributed by atoms with Crippen LogP contribution in [0.5, 0.6) is 11.5 Å². The van der Waals surface area contributed by atoms with Crippen molar-refractivity contribution in [2.24, 2.45) is 5.14 Å². The fourth-order valence-corrected chi connectivity index (χ4v) is 4.23. The molecule has 0 bridgehead atoms. The van der Waals surface area contributed by atoms with Gasteiger partial charge in [-0.15, -0.1) is 11.8 Å². The highest BCUT2D eigenvalue weighted by Gasteiger charge is 2.23. The van der Waals surface area contributed by atoms with E-state index in [-0.39, 0.29) is 16.2 Å². The highest BCUT2D eigenvalue weighted by Crippen LogP contribution is 2.40. The van der Waals surface area contributed by atoms with E-state index in [1.54, 1.807) is 30.3 Å². The Labute approximate surface area is 167 Å². The molecule has 6 nitrogen and oxygen atoms in total. The van der Waals surface area contributed by atoms with Crippen LogP contribution in [0.4, 0.5) is 0 Å². The number of ether oxygens (including phenoxy) is 1. The van der Waals surface area contributed by atoms with E-state index in [1.807, 2.05) is 30.3 Å². The Morgan fingerprint density at radius 2 is 1.61 bits per heavy atom. The number of carbonyl (C=O) groups is 1. The van der Waals surface area contributed by atoms with E-state index in [4.69, 9.17) is 9.88 Å². The quantitative estimate of drug-likeness (QED) is 0.562. The third kappa shape index (κ3) is 4.92. The minimum atomic E-state index is -4.22. The molecule has 8 heteroatoms. The molecule has 0 radical (unpaired) electrons. The Morgan fingerprint density at radius 1 is 1.00 bits per heavy atom. The number of aromatic carboxylic acids is 1. The maximum absolute atomic E-state index is 12.1. The number of benzene rings is 3. The molecule has 0 unspecified atom stereocenters. The Kier molecular flexibility index (Phi) is 6.03. The molecule has 0 heterocycles. The molecule has 0 saturated carbocycles. The van der Waals surface area contributed by atoms with Crippen LogP contribution in [0.3, 0.4) is 0 Å². The number of rotatable bonds is 7. The van der Waals surface area contributed by atoms with Gasteiger partial charge in [0.25, 0.3) is 0 Å². The van der Waals surface area contributed by atoms with Crippen LogP contribution >= 0.6 is 11.8 Å². The molecule has 144 valence electrons. The summed E-state index contributed by atoms with van der Waals surface area (Å²) in [7, 11) is -4.22. The number of primary sulfonamides is 1. The number of carboxylic acids is 1. The molecule has 3 aromatic carbocycles. The summed E-state index contributed by atoms with van der Waals surface area (Å²) in [6.07, 6.45) is 0. The third-order valence-electron chi connectivity index (χ3n) is 3.77. The van der Waals surface area contributed by atoms with Gasteiger partial charge in [0.15, 0.2) is 5.75 Å². The summed E-state index contributed by atoms with van der Waals surface area (Å²) in [5, 5.41) is 14.7. The van der Waals surface area contributed by atoms with Gasteiger partial charge in [0, 0.05) is 5.75 Å². The van der Waals surface area contributed by atoms with Gasteiger partial charge in [0.05, 0.1) is 10.5 Å². The topological polar surface area (TPSA) is 107 Å². The SMILES string of the molecule is NS(=O)(=O)c1cc(C(=O)O)cc(SCc2ccccc2)c1Oc1ccccc1. The molecule has 3 rings (SSSR count). The van der Waals surface area contributed by atoms with Gasteiger partial charge in [0.1, 0.15) is 10.6 Å². The van der Waals surface area contributed by atoms with Gasteiger partial charge in [-0.2, -0.15) is 0 Å². The first-order valence-corrected chi connectivity index (χ1v) is 10.7. The summed E-state index contributed by atoms with van der Waals surface area (Å²) in [5.41, 5.74) is 0.816. The van der Waals surface area contributed by atoms with E-state index in [2.05, 4.69) is 0 Å². The summed E-state index contributed by atoms with van der Waals surface area (Å²) in [6, 6.07) is 20.6. The lowest BCUT2D eigenvalue weighted by Crippen LogP contribution is -2.15. The van der Waals surface area contributed by atoms with E-state index in [1.165, 1.54) is 17.8 Å². The molecule has 0 fully saturated rings. The molecule has 0 amide bonds. The van der Waals surface area contributed by atoms with Crippen LogP contribution in [0.2, 0.25) is 0 Å². The predicted octanol–water partition coefficient (Wildman–Crippen LogP) is 4.12. The van der Waals surface area contributed by atoms with E-state index in [9.17, 15) is 18.3 Å². The number of thioether (sulfide) groups is 1. The van der Waals surface area contributed by atoms with Crippen molar-refractivity contribution in [1.82, 2.24) is 0 Å². The summed E-state index contributed by atoms with van der Waals surface area (Å²) in [5.74, 6) is -0.326. The van der Waals surface area contributed by atoms with Gasteiger partial charge < -0.3 is 9.84 Å². The average molecular weight is 415 g/mol. The van der Waals surface area contributed by atoms with Crippen LogP contribution in [0, 0.1) is 0 Å². The second-order valence-electron chi connectivity index (χ2n) is 5.84. The first kappa shape index (κ1) is 19.9. The van der Waals surface area contributed by atoms with Crippen molar-refractivity contribution in [2.75, 3.05) is 0 Å². The summed E-state index contributed by atoms with van der Waals surface area (Å²) in [4.78, 5) is 11.5. The number of sulfonamides is 1. The number of nitrogens with two attached hydrogens (primary N) is 1. The van der Waals surface area contributed by atoms with Gasteiger partial charge in [-0.3, -0.25) is 0 Å². The van der Waals surface area contributed by atoms with E-state index in [0.29, 0.717) is 16.4 Å². The second-order valence-corrected chi connectivity index (χ2v) is 8.39. The minimum absolute atomic E-state index is 0.0135. The smallest absolute Gasteiger partial charge is 0.335 e. The molecule has 0 saturated heterocycles. The average Bonchev–Trinajstić information content (AvgIpc) is 2.67. The zero-order valence-electron chi connectivity index (χ0n) is 14.6. The van der Waals surface area contributed by atoms with Crippen LogP contribution < -0.4 is 9.88 Å². The van der Waals surface area contributed by atoms with Gasteiger partial charge in [-0.05, 0) is 29.8 Å². The Hall–Kier alpha value is -2.81. The van der Waals surface area contributed by atoms with Crippen LogP contribution in [0.15, 0.2) is 82.6 Å². The lowest BCUT2D eigenvalue weighted by Gasteiger charge is -2.15. The van der Waals surface area contributed by atoms with Crippen LogP contribution in [-0.2, 0) is 15.8 Å². The zero-order valence-corrected chi connectivity index (χ0v) is 16.2. The molecule has 0 aliphatic rings. The number of carboxylic acid groups (broad SMARTS) is 1. The Morgan fingerprint density at radius 3 is 2.18 bits per heavy atom. The van der Waals surface area contributed by atoms with Gasteiger partial charge in [-0.25, -0.2) is 18.4 Å². The van der Waals surface area contributed by atoms with Gasteiger partial charge in [0.2, 0.25) is 10.0 Å². The lowest BCUT2D eigenvalue weighted by molar-refractivity contribution is 0.0696. The Balaban J connectivity index is 2.10. The number of hydrogen-bond acceptors (Lipinski definition) is 5. The fraction of sp³-hybridized carbons (Fsp3) is 0.0500. The van der Waals surface area contributed by atoms with Crippen molar-refractivity contribution < 1.29 is 23.1 Å². The second kappa shape index (κ2) is 8.47. The van der Waals surface area contributed by atoms with E-state index in [0.717, 1.165) is 11.6 Å². The van der Waals surface area contributed by atoms with Crippen LogP contribution in [0.1, 0.15) is 15.9 Å². The normalized spacial score (nSPS) is 11.2. The van der Waals surface area contributed by atoms with Crippen molar-refractivity contribution in [3.8, 4) is 11.5 Å². The molecule has 0 aromatic heterocycles. The molecular weight excluding hydrogens is 398 g/mol. The summed E-state index contributed by atoms with van der Waals surface area (Å²) >= 11 is 1.27. The Bertz CT molecular complexity index is 1080. The number of hydrogen-bond donors (Lipinski definition) is 2. The maximum Gasteiger partial charge on any atom is 0.335 e. The van der Waals surface area contributed by atoms with Crippen molar-refractivity contribution in [1.29, 1.82) is 0 Å². The third-order valence-corrected chi connectivity index (χ3v) is 5.78. The van der Waals surface area contributed by atoms with Crippen LogP contribution in [0.25, 0.3) is 0 Å². The molecule has 0 aliphatic heterocycles. The predicted molar refractivity (Wildman–Crippen MR) is 107 cm³/mol.